The van der Waals surface area contributed by atoms with E-state index in [1.807, 2.05) is 6.07 Å². The van der Waals surface area contributed by atoms with E-state index in [9.17, 15) is 9.90 Å². The third-order valence-corrected chi connectivity index (χ3v) is 3.40. The Bertz CT molecular complexity index is 651. The van der Waals surface area contributed by atoms with Gasteiger partial charge in [0.15, 0.2) is 17.3 Å². The molecule has 0 amide bonds. The number of carbonyl (C=O) groups excluding carboxylic acids is 1. The molecule has 4 heteroatoms. The van der Waals surface area contributed by atoms with E-state index < -0.39 is 5.79 Å². The number of fused-ring (bicyclic) bond motifs is 1. The van der Waals surface area contributed by atoms with Crippen molar-refractivity contribution < 1.29 is 19.4 Å². The molecule has 1 N–H and O–H groups in total. The number of benzene rings is 2. The molecule has 0 spiro atoms. The van der Waals surface area contributed by atoms with E-state index in [0.29, 0.717) is 16.9 Å². The molecule has 1 aliphatic rings. The number of methoxy groups -OCH3 is 1. The van der Waals surface area contributed by atoms with Gasteiger partial charge in [0.1, 0.15) is 0 Å². The molecule has 2 aromatic carbocycles. The largest absolute Gasteiger partial charge is 0.493 e. The standard InChI is InChI=1S/C16H14O4/c1-19-14-9-5-8-12-13(17)10-16(18,20-15(12)14)11-6-3-2-4-7-11/h2-9,18H,10H2,1H3. The van der Waals surface area contributed by atoms with Crippen LogP contribution in [0.4, 0.5) is 0 Å². The fourth-order valence-corrected chi connectivity index (χ4v) is 2.38. The maximum atomic E-state index is 12.2. The molecule has 0 bridgehead atoms. The van der Waals surface area contributed by atoms with Crippen molar-refractivity contribution in [2.45, 2.75) is 12.2 Å². The highest BCUT2D eigenvalue weighted by molar-refractivity contribution is 6.01. The number of carbonyl (C=O) groups is 1. The van der Waals surface area contributed by atoms with Gasteiger partial charge in [-0.3, -0.25) is 4.79 Å². The normalized spacial score (nSPS) is 21.0. The number of para-hydroxylation sites is 1. The van der Waals surface area contributed by atoms with E-state index >= 15 is 0 Å². The third-order valence-electron chi connectivity index (χ3n) is 3.40. The van der Waals surface area contributed by atoms with Crippen molar-refractivity contribution in [3.63, 3.8) is 0 Å². The van der Waals surface area contributed by atoms with Gasteiger partial charge < -0.3 is 14.6 Å². The van der Waals surface area contributed by atoms with Crippen LogP contribution in [-0.4, -0.2) is 18.0 Å². The zero-order valence-electron chi connectivity index (χ0n) is 11.0. The summed E-state index contributed by atoms with van der Waals surface area (Å²) in [6, 6.07) is 14.0. The highest BCUT2D eigenvalue weighted by Crippen LogP contribution is 2.42. The van der Waals surface area contributed by atoms with Gasteiger partial charge in [0.05, 0.1) is 19.1 Å². The zero-order valence-corrected chi connectivity index (χ0v) is 11.0. The Hall–Kier alpha value is -2.33. The Balaban J connectivity index is 2.10. The van der Waals surface area contributed by atoms with Gasteiger partial charge in [0.25, 0.3) is 0 Å². The number of ketones is 1. The minimum absolute atomic E-state index is 0.114. The maximum absolute atomic E-state index is 12.2. The lowest BCUT2D eigenvalue weighted by Gasteiger charge is -2.34. The molecule has 4 nitrogen and oxygen atoms in total. The van der Waals surface area contributed by atoms with Gasteiger partial charge >= 0.3 is 0 Å². The Morgan fingerprint density at radius 3 is 2.60 bits per heavy atom. The van der Waals surface area contributed by atoms with Crippen LogP contribution < -0.4 is 9.47 Å². The molecule has 1 unspecified atom stereocenters. The summed E-state index contributed by atoms with van der Waals surface area (Å²) in [6.45, 7) is 0. The first-order chi connectivity index (χ1) is 9.64. The molecule has 0 aliphatic carbocycles. The summed E-state index contributed by atoms with van der Waals surface area (Å²) in [4.78, 5) is 12.2. The zero-order chi connectivity index (χ0) is 14.2. The first-order valence-electron chi connectivity index (χ1n) is 6.31. The molecule has 1 heterocycles. The van der Waals surface area contributed by atoms with Crippen LogP contribution in [0.2, 0.25) is 0 Å². The summed E-state index contributed by atoms with van der Waals surface area (Å²) in [5.41, 5.74) is 0.981. The maximum Gasteiger partial charge on any atom is 0.242 e. The highest BCUT2D eigenvalue weighted by atomic mass is 16.6. The summed E-state index contributed by atoms with van der Waals surface area (Å²) < 4.78 is 10.9. The van der Waals surface area contributed by atoms with Gasteiger partial charge in [-0.05, 0) is 12.1 Å². The second-order valence-corrected chi connectivity index (χ2v) is 4.69. The van der Waals surface area contributed by atoms with Crippen LogP contribution in [0.1, 0.15) is 22.3 Å². The number of hydrogen-bond acceptors (Lipinski definition) is 4. The van der Waals surface area contributed by atoms with E-state index in [0.717, 1.165) is 0 Å². The van der Waals surface area contributed by atoms with E-state index in [1.54, 1.807) is 42.5 Å². The van der Waals surface area contributed by atoms with Gasteiger partial charge in [0, 0.05) is 5.56 Å². The topological polar surface area (TPSA) is 55.8 Å². The van der Waals surface area contributed by atoms with Crippen molar-refractivity contribution in [2.75, 3.05) is 7.11 Å². The number of aliphatic hydroxyl groups is 1. The first kappa shape index (κ1) is 12.7. The van der Waals surface area contributed by atoms with Crippen LogP contribution in [0.15, 0.2) is 48.5 Å². The Morgan fingerprint density at radius 1 is 1.15 bits per heavy atom. The van der Waals surface area contributed by atoms with Crippen LogP contribution in [-0.2, 0) is 5.79 Å². The molecule has 0 aromatic heterocycles. The monoisotopic (exact) mass is 270 g/mol. The van der Waals surface area contributed by atoms with E-state index in [-0.39, 0.29) is 18.0 Å². The predicted molar refractivity (Wildman–Crippen MR) is 72.9 cm³/mol. The van der Waals surface area contributed by atoms with Gasteiger partial charge in [-0.2, -0.15) is 0 Å². The minimum atomic E-state index is -1.65. The number of ether oxygens (including phenoxy) is 2. The summed E-state index contributed by atoms with van der Waals surface area (Å²) in [6.07, 6.45) is -0.114. The third kappa shape index (κ3) is 1.94. The lowest BCUT2D eigenvalue weighted by molar-refractivity contribution is -0.148. The lowest BCUT2D eigenvalue weighted by Crippen LogP contribution is -2.39. The van der Waals surface area contributed by atoms with Gasteiger partial charge in [-0.25, -0.2) is 0 Å². The second-order valence-electron chi connectivity index (χ2n) is 4.69. The first-order valence-corrected chi connectivity index (χ1v) is 6.31. The molecule has 1 atom stereocenters. The van der Waals surface area contributed by atoms with Gasteiger partial charge in [0.2, 0.25) is 5.79 Å². The molecule has 1 aliphatic heterocycles. The Kier molecular flexibility index (Phi) is 2.95. The summed E-state index contributed by atoms with van der Waals surface area (Å²) in [7, 11) is 1.50. The summed E-state index contributed by atoms with van der Waals surface area (Å²) in [5.74, 6) is -1.10. The average Bonchev–Trinajstić information content (AvgIpc) is 2.47. The van der Waals surface area contributed by atoms with Crippen LogP contribution in [0.3, 0.4) is 0 Å². The van der Waals surface area contributed by atoms with E-state index in [2.05, 4.69) is 0 Å². The summed E-state index contributed by atoms with van der Waals surface area (Å²) >= 11 is 0. The molecule has 2 aromatic rings. The predicted octanol–water partition coefficient (Wildman–Crippen LogP) is 2.51. The molecule has 20 heavy (non-hydrogen) atoms. The number of rotatable bonds is 2. The Morgan fingerprint density at radius 2 is 1.90 bits per heavy atom. The Labute approximate surface area is 116 Å². The smallest absolute Gasteiger partial charge is 0.242 e. The molecule has 102 valence electrons. The second kappa shape index (κ2) is 4.65. The fourth-order valence-electron chi connectivity index (χ4n) is 2.38. The quantitative estimate of drug-likeness (QED) is 0.911. The summed E-state index contributed by atoms with van der Waals surface area (Å²) in [5, 5.41) is 10.7. The minimum Gasteiger partial charge on any atom is -0.493 e. The van der Waals surface area contributed by atoms with Crippen molar-refractivity contribution in [3.8, 4) is 11.5 Å². The van der Waals surface area contributed by atoms with Crippen molar-refractivity contribution in [3.05, 3.63) is 59.7 Å². The molecule has 0 saturated heterocycles. The fraction of sp³-hybridized carbons (Fsp3) is 0.188. The average molecular weight is 270 g/mol. The van der Waals surface area contributed by atoms with E-state index in [4.69, 9.17) is 9.47 Å². The van der Waals surface area contributed by atoms with E-state index in [1.165, 1.54) is 7.11 Å². The van der Waals surface area contributed by atoms with Crippen LogP contribution >= 0.6 is 0 Å². The van der Waals surface area contributed by atoms with Gasteiger partial charge in [-0.15, -0.1) is 0 Å². The molecule has 0 fully saturated rings. The van der Waals surface area contributed by atoms with Crippen molar-refractivity contribution in [1.29, 1.82) is 0 Å². The van der Waals surface area contributed by atoms with Crippen LogP contribution in [0.25, 0.3) is 0 Å². The van der Waals surface area contributed by atoms with Crippen molar-refractivity contribution in [2.24, 2.45) is 0 Å². The molecule has 3 rings (SSSR count). The van der Waals surface area contributed by atoms with Crippen LogP contribution in [0.5, 0.6) is 11.5 Å². The SMILES string of the molecule is COc1cccc2c1OC(O)(c1ccccc1)CC2=O. The molecule has 0 radical (unpaired) electrons. The molecular formula is C16H14O4. The van der Waals surface area contributed by atoms with Gasteiger partial charge in [-0.1, -0.05) is 36.4 Å². The van der Waals surface area contributed by atoms with Crippen molar-refractivity contribution >= 4 is 5.78 Å². The highest BCUT2D eigenvalue weighted by Gasteiger charge is 2.41. The number of Topliss-reactive ketones (excluding diaryl/α,β-unsaturated/α-hetero) is 1. The van der Waals surface area contributed by atoms with Crippen LogP contribution in [0, 0.1) is 0 Å². The van der Waals surface area contributed by atoms with Crippen molar-refractivity contribution in [1.82, 2.24) is 0 Å². The molecule has 0 saturated carbocycles. The number of hydrogen-bond donors (Lipinski definition) is 1. The lowest BCUT2D eigenvalue weighted by atomic mass is 9.93. The molecular weight excluding hydrogens is 256 g/mol.